The summed E-state index contributed by atoms with van der Waals surface area (Å²) < 4.78 is 0. The highest BCUT2D eigenvalue weighted by Gasteiger charge is 2.13. The molecule has 1 aliphatic heterocycles. The summed E-state index contributed by atoms with van der Waals surface area (Å²) in [6, 6.07) is 1.49. The molecule has 1 aromatic rings. The zero-order chi connectivity index (χ0) is 13.7. The van der Waals surface area contributed by atoms with Gasteiger partial charge in [0, 0.05) is 37.7 Å². The smallest absolute Gasteiger partial charge is 0.253 e. The molecule has 5 nitrogen and oxygen atoms in total. The van der Waals surface area contributed by atoms with Gasteiger partial charge >= 0.3 is 0 Å². The number of nitrogens with two attached hydrogens (primary N) is 1. The number of aromatic nitrogens is 1. The normalized spacial score (nSPS) is 16.3. The van der Waals surface area contributed by atoms with E-state index in [4.69, 9.17) is 17.3 Å². The van der Waals surface area contributed by atoms with Crippen LogP contribution in [0.15, 0.2) is 12.3 Å². The Balaban J connectivity index is 1.82. The number of hydrogen-bond donors (Lipinski definition) is 2. The van der Waals surface area contributed by atoms with Gasteiger partial charge < -0.3 is 11.1 Å². The Morgan fingerprint density at radius 3 is 3.00 bits per heavy atom. The van der Waals surface area contributed by atoms with E-state index in [0.717, 1.165) is 19.6 Å². The van der Waals surface area contributed by atoms with E-state index in [1.807, 2.05) is 11.8 Å². The third-order valence-electron chi connectivity index (χ3n) is 2.96. The Bertz CT molecular complexity index is 451. The quantitative estimate of drug-likeness (QED) is 0.815. The molecule has 0 radical (unpaired) electrons. The molecule has 0 unspecified atom stereocenters. The number of amides is 1. The van der Waals surface area contributed by atoms with Gasteiger partial charge in [0.1, 0.15) is 5.15 Å². The lowest BCUT2D eigenvalue weighted by Gasteiger charge is -2.26. The van der Waals surface area contributed by atoms with Crippen molar-refractivity contribution in [1.29, 1.82) is 0 Å². The fourth-order valence-corrected chi connectivity index (χ4v) is 3.02. The fraction of sp³-hybridized carbons (Fsp3) is 0.500. The number of halogens is 1. The number of thioether (sulfide) groups is 1. The highest BCUT2D eigenvalue weighted by molar-refractivity contribution is 7.99. The largest absolute Gasteiger partial charge is 0.397 e. The summed E-state index contributed by atoms with van der Waals surface area (Å²) in [6.45, 7) is 3.65. The van der Waals surface area contributed by atoms with Crippen LogP contribution < -0.4 is 11.1 Å². The average Bonchev–Trinajstić information content (AvgIpc) is 2.42. The van der Waals surface area contributed by atoms with Crippen molar-refractivity contribution in [3.05, 3.63) is 23.0 Å². The highest BCUT2D eigenvalue weighted by atomic mass is 35.5. The molecule has 2 rings (SSSR count). The first-order valence-electron chi connectivity index (χ1n) is 6.16. The van der Waals surface area contributed by atoms with Crippen molar-refractivity contribution in [3.63, 3.8) is 0 Å². The van der Waals surface area contributed by atoms with Crippen LogP contribution in [0.5, 0.6) is 0 Å². The maximum absolute atomic E-state index is 12.0. The van der Waals surface area contributed by atoms with Gasteiger partial charge in [-0.2, -0.15) is 11.8 Å². The van der Waals surface area contributed by atoms with Gasteiger partial charge in [0.25, 0.3) is 5.91 Å². The van der Waals surface area contributed by atoms with Crippen LogP contribution in [0.25, 0.3) is 0 Å². The molecular weight excluding hydrogens is 284 g/mol. The Labute approximate surface area is 121 Å². The van der Waals surface area contributed by atoms with Crippen molar-refractivity contribution < 1.29 is 4.79 Å². The molecule has 1 aromatic heterocycles. The summed E-state index contributed by atoms with van der Waals surface area (Å²) in [6.07, 6.45) is 1.40. The molecule has 0 atom stereocenters. The fourth-order valence-electron chi connectivity index (χ4n) is 1.88. The Morgan fingerprint density at radius 1 is 1.53 bits per heavy atom. The first kappa shape index (κ1) is 14.4. The minimum Gasteiger partial charge on any atom is -0.397 e. The number of carbonyl (C=O) groups is 1. The van der Waals surface area contributed by atoms with Crippen molar-refractivity contribution in [2.45, 2.75) is 0 Å². The van der Waals surface area contributed by atoms with Gasteiger partial charge in [-0.05, 0) is 6.07 Å². The number of anilines is 1. The van der Waals surface area contributed by atoms with Gasteiger partial charge in [0.15, 0.2) is 0 Å². The molecule has 1 fully saturated rings. The molecule has 7 heteroatoms. The van der Waals surface area contributed by atoms with Gasteiger partial charge in [0.05, 0.1) is 17.4 Å². The second-order valence-corrected chi connectivity index (χ2v) is 5.92. The lowest BCUT2D eigenvalue weighted by atomic mass is 10.2. The van der Waals surface area contributed by atoms with Gasteiger partial charge in [-0.25, -0.2) is 4.98 Å². The number of pyridine rings is 1. The number of nitrogen functional groups attached to an aromatic ring is 1. The van der Waals surface area contributed by atoms with Crippen LogP contribution in [-0.4, -0.2) is 53.5 Å². The topological polar surface area (TPSA) is 71.2 Å². The summed E-state index contributed by atoms with van der Waals surface area (Å²) in [4.78, 5) is 18.1. The molecule has 19 heavy (non-hydrogen) atoms. The van der Waals surface area contributed by atoms with Crippen molar-refractivity contribution >= 4 is 35.0 Å². The maximum Gasteiger partial charge on any atom is 0.253 e. The van der Waals surface area contributed by atoms with Gasteiger partial charge in [-0.1, -0.05) is 11.6 Å². The van der Waals surface area contributed by atoms with Crippen molar-refractivity contribution in [2.75, 3.05) is 43.4 Å². The van der Waals surface area contributed by atoms with E-state index in [9.17, 15) is 4.79 Å². The third kappa shape index (κ3) is 4.26. The standard InChI is InChI=1S/C12H17ClN4OS/c13-11-7-9(10(14)8-16-11)12(18)15-1-2-17-3-5-19-6-4-17/h7-8H,1-6,14H2,(H,15,18). The van der Waals surface area contributed by atoms with Crippen LogP contribution in [0.1, 0.15) is 10.4 Å². The molecule has 3 N–H and O–H groups in total. The summed E-state index contributed by atoms with van der Waals surface area (Å²) in [5, 5.41) is 3.13. The summed E-state index contributed by atoms with van der Waals surface area (Å²) in [5.74, 6) is 2.13. The van der Waals surface area contributed by atoms with E-state index in [-0.39, 0.29) is 11.1 Å². The van der Waals surface area contributed by atoms with E-state index in [2.05, 4.69) is 15.2 Å². The number of nitrogens with zero attached hydrogens (tertiary/aromatic N) is 2. The minimum atomic E-state index is -0.201. The lowest BCUT2D eigenvalue weighted by molar-refractivity contribution is 0.0949. The third-order valence-corrected chi connectivity index (χ3v) is 4.11. The van der Waals surface area contributed by atoms with E-state index in [0.29, 0.717) is 17.8 Å². The molecule has 2 heterocycles. The summed E-state index contributed by atoms with van der Waals surface area (Å²) >= 11 is 7.73. The van der Waals surface area contributed by atoms with Crippen molar-refractivity contribution in [3.8, 4) is 0 Å². The predicted octanol–water partition coefficient (Wildman–Crippen LogP) is 1.10. The molecule has 104 valence electrons. The van der Waals surface area contributed by atoms with Crippen LogP contribution in [0.3, 0.4) is 0 Å². The minimum absolute atomic E-state index is 0.201. The molecule has 1 amide bonds. The van der Waals surface area contributed by atoms with Gasteiger partial charge in [-0.3, -0.25) is 9.69 Å². The van der Waals surface area contributed by atoms with Crippen LogP contribution in [-0.2, 0) is 0 Å². The van der Waals surface area contributed by atoms with E-state index < -0.39 is 0 Å². The Morgan fingerprint density at radius 2 is 2.26 bits per heavy atom. The second-order valence-electron chi connectivity index (χ2n) is 4.30. The number of hydrogen-bond acceptors (Lipinski definition) is 5. The Kier molecular flexibility index (Phi) is 5.30. The zero-order valence-corrected chi connectivity index (χ0v) is 12.1. The molecule has 1 saturated heterocycles. The van der Waals surface area contributed by atoms with E-state index >= 15 is 0 Å². The van der Waals surface area contributed by atoms with Crippen molar-refractivity contribution in [2.24, 2.45) is 0 Å². The molecule has 1 aliphatic rings. The monoisotopic (exact) mass is 300 g/mol. The molecular formula is C12H17ClN4OS. The molecule has 0 saturated carbocycles. The molecule has 0 spiro atoms. The van der Waals surface area contributed by atoms with Crippen LogP contribution in [0.2, 0.25) is 5.15 Å². The van der Waals surface area contributed by atoms with E-state index in [1.165, 1.54) is 23.8 Å². The van der Waals surface area contributed by atoms with E-state index in [1.54, 1.807) is 0 Å². The van der Waals surface area contributed by atoms with Gasteiger partial charge in [-0.15, -0.1) is 0 Å². The average molecular weight is 301 g/mol. The maximum atomic E-state index is 12.0. The zero-order valence-electron chi connectivity index (χ0n) is 10.6. The lowest BCUT2D eigenvalue weighted by Crippen LogP contribution is -2.39. The Hall–Kier alpha value is -0.980. The first-order valence-corrected chi connectivity index (χ1v) is 7.69. The molecule has 0 bridgehead atoms. The number of rotatable bonds is 4. The first-order chi connectivity index (χ1) is 9.16. The van der Waals surface area contributed by atoms with Crippen molar-refractivity contribution in [1.82, 2.24) is 15.2 Å². The van der Waals surface area contributed by atoms with Crippen LogP contribution in [0.4, 0.5) is 5.69 Å². The number of carbonyl (C=O) groups excluding carboxylic acids is 1. The van der Waals surface area contributed by atoms with Crippen LogP contribution >= 0.6 is 23.4 Å². The predicted molar refractivity (Wildman–Crippen MR) is 79.8 cm³/mol. The van der Waals surface area contributed by atoms with Crippen LogP contribution in [0, 0.1) is 0 Å². The summed E-state index contributed by atoms with van der Waals surface area (Å²) in [7, 11) is 0. The molecule has 0 aromatic carbocycles. The SMILES string of the molecule is Nc1cnc(Cl)cc1C(=O)NCCN1CCSCC1. The second kappa shape index (κ2) is 6.98. The van der Waals surface area contributed by atoms with Gasteiger partial charge in [0.2, 0.25) is 0 Å². The molecule has 0 aliphatic carbocycles. The highest BCUT2D eigenvalue weighted by Crippen LogP contribution is 2.14. The summed E-state index contributed by atoms with van der Waals surface area (Å²) in [5.41, 5.74) is 6.44. The number of nitrogens with one attached hydrogen (secondary N) is 1.